The Morgan fingerprint density at radius 1 is 1.38 bits per heavy atom. The maximum atomic E-state index is 12.3. The minimum Gasteiger partial charge on any atom is -0.461 e. The van der Waals surface area contributed by atoms with Crippen LogP contribution in [-0.4, -0.2) is 17.6 Å². The monoisotopic (exact) mass is 372 g/mol. The van der Waals surface area contributed by atoms with Gasteiger partial charge in [0.15, 0.2) is 5.13 Å². The maximum Gasteiger partial charge on any atom is 0.350 e. The van der Waals surface area contributed by atoms with Gasteiger partial charge in [0.25, 0.3) is 6.08 Å². The van der Waals surface area contributed by atoms with Crippen molar-refractivity contribution in [3.63, 3.8) is 0 Å². The fraction of sp³-hybridized carbons (Fsp3) is 0.250. The van der Waals surface area contributed by atoms with Gasteiger partial charge >= 0.3 is 5.97 Å². The van der Waals surface area contributed by atoms with Gasteiger partial charge in [0.1, 0.15) is 4.88 Å². The highest BCUT2D eigenvalue weighted by Crippen LogP contribution is 2.29. The van der Waals surface area contributed by atoms with Crippen LogP contribution in [0.15, 0.2) is 35.9 Å². The van der Waals surface area contributed by atoms with Crippen molar-refractivity contribution in [1.29, 1.82) is 0 Å². The van der Waals surface area contributed by atoms with E-state index >= 15 is 0 Å². The van der Waals surface area contributed by atoms with Crippen LogP contribution in [-0.2, 0) is 4.74 Å². The number of rotatable bonds is 6. The largest absolute Gasteiger partial charge is 0.461 e. The second-order valence-electron chi connectivity index (χ2n) is 4.97. The number of aromatic nitrogens is 1. The van der Waals surface area contributed by atoms with Crippen LogP contribution >= 0.6 is 22.9 Å². The van der Waals surface area contributed by atoms with Gasteiger partial charge in [-0.2, -0.15) is 8.78 Å². The van der Waals surface area contributed by atoms with Crippen LogP contribution in [0.5, 0.6) is 0 Å². The maximum absolute atomic E-state index is 12.3. The third kappa shape index (κ3) is 4.75. The molecule has 24 heavy (non-hydrogen) atoms. The van der Waals surface area contributed by atoms with E-state index in [4.69, 9.17) is 16.3 Å². The van der Waals surface area contributed by atoms with Crippen molar-refractivity contribution >= 4 is 39.7 Å². The lowest BCUT2D eigenvalue weighted by molar-refractivity contribution is 0.0512. The molecule has 0 spiro atoms. The van der Waals surface area contributed by atoms with Gasteiger partial charge in [0.2, 0.25) is 0 Å². The number of aryl methyl sites for hydroxylation is 1. The molecule has 8 heteroatoms. The highest BCUT2D eigenvalue weighted by atomic mass is 35.5. The summed E-state index contributed by atoms with van der Waals surface area (Å²) in [5.41, 5.74) is 1.08. The molecule has 0 radical (unpaired) electrons. The van der Waals surface area contributed by atoms with E-state index in [1.165, 1.54) is 6.92 Å². The summed E-state index contributed by atoms with van der Waals surface area (Å²) in [6.45, 7) is 2.87. The van der Waals surface area contributed by atoms with Crippen LogP contribution in [0.1, 0.15) is 28.7 Å². The van der Waals surface area contributed by atoms with E-state index < -0.39 is 12.0 Å². The van der Waals surface area contributed by atoms with E-state index in [1.54, 1.807) is 25.1 Å². The molecule has 0 fully saturated rings. The zero-order chi connectivity index (χ0) is 17.7. The third-order valence-electron chi connectivity index (χ3n) is 3.13. The summed E-state index contributed by atoms with van der Waals surface area (Å²) >= 11 is 7.18. The van der Waals surface area contributed by atoms with Gasteiger partial charge in [-0.05, 0) is 31.6 Å². The molecule has 4 nitrogen and oxygen atoms in total. The number of nitrogens with zero attached hydrogens (tertiary/aromatic N) is 1. The van der Waals surface area contributed by atoms with Crippen molar-refractivity contribution in [2.24, 2.45) is 0 Å². The first-order valence-electron chi connectivity index (χ1n) is 7.05. The van der Waals surface area contributed by atoms with Crippen LogP contribution in [0.3, 0.4) is 0 Å². The summed E-state index contributed by atoms with van der Waals surface area (Å²) in [6.07, 6.45) is -1.75. The Kier molecular flexibility index (Phi) is 6.28. The highest BCUT2D eigenvalue weighted by Gasteiger charge is 2.17. The average Bonchev–Trinajstić information content (AvgIpc) is 2.90. The number of esters is 1. The lowest BCUT2D eigenvalue weighted by Crippen LogP contribution is -2.06. The fourth-order valence-electron chi connectivity index (χ4n) is 1.77. The first-order valence-corrected chi connectivity index (χ1v) is 8.24. The molecule has 0 bridgehead atoms. The highest BCUT2D eigenvalue weighted by molar-refractivity contribution is 7.17. The van der Waals surface area contributed by atoms with Gasteiger partial charge in [0.05, 0.1) is 23.0 Å². The Labute approximate surface area is 147 Å². The SMILES string of the molecule is CC(CCOC(=O)c1sc(Nc2ccccc2Cl)nc1C)=C(F)F. The van der Waals surface area contributed by atoms with Gasteiger partial charge < -0.3 is 10.1 Å². The molecule has 0 aliphatic heterocycles. The Balaban J connectivity index is 2.02. The molecular weight excluding hydrogens is 358 g/mol. The number of halogens is 3. The van der Waals surface area contributed by atoms with Crippen LogP contribution in [0.25, 0.3) is 0 Å². The van der Waals surface area contributed by atoms with E-state index in [0.29, 0.717) is 26.4 Å². The van der Waals surface area contributed by atoms with Crippen molar-refractivity contribution in [3.8, 4) is 0 Å². The number of para-hydroxylation sites is 1. The van der Waals surface area contributed by atoms with Crippen LogP contribution in [0, 0.1) is 6.92 Å². The summed E-state index contributed by atoms with van der Waals surface area (Å²) in [4.78, 5) is 16.6. The summed E-state index contributed by atoms with van der Waals surface area (Å²) in [5.74, 6) is -0.579. The number of hydrogen-bond acceptors (Lipinski definition) is 5. The molecule has 1 aromatic heterocycles. The molecule has 2 aromatic rings. The molecule has 128 valence electrons. The topological polar surface area (TPSA) is 51.2 Å². The Morgan fingerprint density at radius 2 is 2.08 bits per heavy atom. The van der Waals surface area contributed by atoms with Gasteiger partial charge in [-0.25, -0.2) is 9.78 Å². The molecule has 0 saturated heterocycles. The molecule has 0 aliphatic carbocycles. The van der Waals surface area contributed by atoms with E-state index in [9.17, 15) is 13.6 Å². The minimum absolute atomic E-state index is 0.00332. The number of hydrogen-bond donors (Lipinski definition) is 1. The minimum atomic E-state index is -1.74. The second kappa shape index (κ2) is 8.21. The smallest absolute Gasteiger partial charge is 0.350 e. The quantitative estimate of drug-likeness (QED) is 0.674. The molecule has 1 aromatic carbocycles. The van der Waals surface area contributed by atoms with E-state index in [0.717, 1.165) is 11.3 Å². The average molecular weight is 373 g/mol. The van der Waals surface area contributed by atoms with E-state index in [-0.39, 0.29) is 18.6 Å². The fourth-order valence-corrected chi connectivity index (χ4v) is 2.83. The summed E-state index contributed by atoms with van der Waals surface area (Å²) in [7, 11) is 0. The van der Waals surface area contributed by atoms with Gasteiger partial charge in [-0.15, -0.1) is 0 Å². The van der Waals surface area contributed by atoms with Crippen molar-refractivity contribution in [2.45, 2.75) is 20.3 Å². The van der Waals surface area contributed by atoms with Crippen LogP contribution in [0.4, 0.5) is 19.6 Å². The number of thiazole rings is 1. The summed E-state index contributed by atoms with van der Waals surface area (Å²) in [6, 6.07) is 7.15. The van der Waals surface area contributed by atoms with E-state index in [2.05, 4.69) is 10.3 Å². The standard InChI is InChI=1S/C16H15ClF2N2O2S/c1-9(14(18)19)7-8-23-15(22)13-10(2)20-16(24-13)21-12-6-4-3-5-11(12)17/h3-6H,7-8H2,1-2H3,(H,20,21). The Hall–Kier alpha value is -1.99. The molecular formula is C16H15ClF2N2O2S. The number of nitrogens with one attached hydrogen (secondary N) is 1. The van der Waals surface area contributed by atoms with Crippen molar-refractivity contribution in [3.05, 3.63) is 51.5 Å². The molecule has 1 N–H and O–H groups in total. The van der Waals surface area contributed by atoms with Crippen LogP contribution in [0.2, 0.25) is 5.02 Å². The lowest BCUT2D eigenvalue weighted by atomic mass is 10.2. The molecule has 0 unspecified atom stereocenters. The van der Waals surface area contributed by atoms with Crippen LogP contribution < -0.4 is 5.32 Å². The molecule has 0 saturated carbocycles. The normalized spacial score (nSPS) is 10.4. The summed E-state index contributed by atoms with van der Waals surface area (Å²) < 4.78 is 29.6. The van der Waals surface area contributed by atoms with Crippen molar-refractivity contribution in [1.82, 2.24) is 4.98 Å². The first kappa shape index (κ1) is 18.4. The summed E-state index contributed by atoms with van der Waals surface area (Å²) in [5, 5.41) is 4.07. The first-order chi connectivity index (χ1) is 11.4. The Bertz CT molecular complexity index is 773. The molecule has 0 atom stereocenters. The second-order valence-corrected chi connectivity index (χ2v) is 6.37. The third-order valence-corrected chi connectivity index (χ3v) is 4.51. The molecule has 0 aliphatic rings. The lowest BCUT2D eigenvalue weighted by Gasteiger charge is -2.04. The number of ether oxygens (including phenoxy) is 1. The van der Waals surface area contributed by atoms with E-state index in [1.807, 2.05) is 6.07 Å². The molecule has 0 amide bonds. The number of anilines is 2. The van der Waals surface area contributed by atoms with Crippen molar-refractivity contribution < 1.29 is 18.3 Å². The molecule has 2 rings (SSSR count). The predicted octanol–water partition coefficient (Wildman–Crippen LogP) is 5.57. The number of carbonyl (C=O) groups is 1. The predicted molar refractivity (Wildman–Crippen MR) is 91.4 cm³/mol. The molecule has 1 heterocycles. The number of carbonyl (C=O) groups excluding carboxylic acids is 1. The van der Waals surface area contributed by atoms with Gasteiger partial charge in [0, 0.05) is 6.42 Å². The van der Waals surface area contributed by atoms with Crippen molar-refractivity contribution in [2.75, 3.05) is 11.9 Å². The van der Waals surface area contributed by atoms with Gasteiger partial charge in [-0.3, -0.25) is 0 Å². The zero-order valence-electron chi connectivity index (χ0n) is 13.0. The Morgan fingerprint density at radius 3 is 2.75 bits per heavy atom. The van der Waals surface area contributed by atoms with Gasteiger partial charge in [-0.1, -0.05) is 35.1 Å². The zero-order valence-corrected chi connectivity index (χ0v) is 14.6. The number of benzene rings is 1.